The number of nitro groups is 1. The quantitative estimate of drug-likeness (QED) is 0.679. The fourth-order valence-electron chi connectivity index (χ4n) is 1.51. The van der Waals surface area contributed by atoms with Gasteiger partial charge in [0.05, 0.1) is 23.7 Å². The van der Waals surface area contributed by atoms with Gasteiger partial charge in [-0.15, -0.1) is 0 Å². The maximum Gasteiger partial charge on any atom is 0.276 e. The van der Waals surface area contributed by atoms with Gasteiger partial charge in [-0.25, -0.2) is 4.39 Å². The molecular weight excluding hydrogens is 253 g/mol. The van der Waals surface area contributed by atoms with Gasteiger partial charge in [0, 0.05) is 6.07 Å². The standard InChI is InChI=1S/C13H10FNO4/c14-10-5-11(15(17)18)7-13(6-10)19-12-3-1-9(8-16)2-4-12/h1-7,16H,8H2. The first-order valence-electron chi connectivity index (χ1n) is 5.41. The summed E-state index contributed by atoms with van der Waals surface area (Å²) in [6.45, 7) is -0.0916. The van der Waals surface area contributed by atoms with E-state index in [9.17, 15) is 14.5 Å². The molecule has 0 aliphatic carbocycles. The maximum atomic E-state index is 13.2. The lowest BCUT2D eigenvalue weighted by Crippen LogP contribution is -1.92. The van der Waals surface area contributed by atoms with E-state index in [-0.39, 0.29) is 18.0 Å². The minimum atomic E-state index is -0.740. The van der Waals surface area contributed by atoms with Gasteiger partial charge < -0.3 is 9.84 Å². The third-order valence-electron chi connectivity index (χ3n) is 2.41. The molecular formula is C13H10FNO4. The summed E-state index contributed by atoms with van der Waals surface area (Å²) in [4.78, 5) is 9.91. The Bertz CT molecular complexity index is 598. The topological polar surface area (TPSA) is 72.6 Å². The average molecular weight is 263 g/mol. The summed E-state index contributed by atoms with van der Waals surface area (Å²) in [5.74, 6) is -0.295. The lowest BCUT2D eigenvalue weighted by Gasteiger charge is -2.06. The minimum Gasteiger partial charge on any atom is -0.457 e. The molecule has 0 radical (unpaired) electrons. The van der Waals surface area contributed by atoms with Crippen LogP contribution >= 0.6 is 0 Å². The number of nitrogens with zero attached hydrogens (tertiary/aromatic N) is 1. The summed E-state index contributed by atoms with van der Waals surface area (Å²) in [6, 6.07) is 9.48. The molecule has 5 nitrogen and oxygen atoms in total. The summed E-state index contributed by atoms with van der Waals surface area (Å²) in [6.07, 6.45) is 0. The first-order chi connectivity index (χ1) is 9.08. The molecule has 98 valence electrons. The van der Waals surface area contributed by atoms with Crippen LogP contribution in [0, 0.1) is 15.9 Å². The molecule has 0 aliphatic heterocycles. The molecule has 0 aliphatic rings. The lowest BCUT2D eigenvalue weighted by atomic mass is 10.2. The summed E-state index contributed by atoms with van der Waals surface area (Å²) in [5, 5.41) is 19.5. The van der Waals surface area contributed by atoms with Crippen LogP contribution in [0.2, 0.25) is 0 Å². The van der Waals surface area contributed by atoms with E-state index >= 15 is 0 Å². The van der Waals surface area contributed by atoms with Gasteiger partial charge in [-0.2, -0.15) is 0 Å². The fourth-order valence-corrected chi connectivity index (χ4v) is 1.51. The number of hydrogen-bond donors (Lipinski definition) is 1. The van der Waals surface area contributed by atoms with Gasteiger partial charge in [0.2, 0.25) is 0 Å². The maximum absolute atomic E-state index is 13.2. The number of non-ortho nitro benzene ring substituents is 1. The van der Waals surface area contributed by atoms with Crippen LogP contribution in [0.4, 0.5) is 10.1 Å². The van der Waals surface area contributed by atoms with Crippen LogP contribution in [0.25, 0.3) is 0 Å². The summed E-state index contributed by atoms with van der Waals surface area (Å²) in [7, 11) is 0. The van der Waals surface area contributed by atoms with E-state index < -0.39 is 10.7 Å². The van der Waals surface area contributed by atoms with Crippen LogP contribution in [0.1, 0.15) is 5.56 Å². The SMILES string of the molecule is O=[N+]([O-])c1cc(F)cc(Oc2ccc(CO)cc2)c1. The molecule has 0 fully saturated rings. The summed E-state index contributed by atoms with van der Waals surface area (Å²) < 4.78 is 18.5. The summed E-state index contributed by atoms with van der Waals surface area (Å²) >= 11 is 0. The van der Waals surface area contributed by atoms with Gasteiger partial charge in [0.1, 0.15) is 17.3 Å². The zero-order chi connectivity index (χ0) is 13.8. The van der Waals surface area contributed by atoms with Crippen molar-refractivity contribution in [3.8, 4) is 11.5 Å². The second-order valence-corrected chi connectivity index (χ2v) is 3.81. The highest BCUT2D eigenvalue weighted by Crippen LogP contribution is 2.26. The largest absolute Gasteiger partial charge is 0.457 e. The third-order valence-corrected chi connectivity index (χ3v) is 2.41. The van der Waals surface area contributed by atoms with Gasteiger partial charge in [0.25, 0.3) is 5.69 Å². The van der Waals surface area contributed by atoms with Crippen molar-refractivity contribution >= 4 is 5.69 Å². The number of aliphatic hydroxyl groups excluding tert-OH is 1. The Morgan fingerprint density at radius 3 is 2.42 bits per heavy atom. The first-order valence-corrected chi connectivity index (χ1v) is 5.41. The summed E-state index contributed by atoms with van der Waals surface area (Å²) in [5.41, 5.74) is 0.333. The Kier molecular flexibility index (Phi) is 3.72. The first kappa shape index (κ1) is 13.0. The monoisotopic (exact) mass is 263 g/mol. The molecule has 0 heterocycles. The Morgan fingerprint density at radius 2 is 1.84 bits per heavy atom. The molecule has 0 amide bonds. The van der Waals surface area contributed by atoms with Crippen molar-refractivity contribution in [2.24, 2.45) is 0 Å². The fraction of sp³-hybridized carbons (Fsp3) is 0.0769. The molecule has 2 aromatic carbocycles. The van der Waals surface area contributed by atoms with E-state index in [0.29, 0.717) is 11.3 Å². The number of rotatable bonds is 4. The van der Waals surface area contributed by atoms with Crippen LogP contribution in [-0.4, -0.2) is 10.0 Å². The van der Waals surface area contributed by atoms with Gasteiger partial charge in [-0.3, -0.25) is 10.1 Å². The van der Waals surface area contributed by atoms with Gasteiger partial charge in [-0.05, 0) is 17.7 Å². The number of halogens is 1. The van der Waals surface area contributed by atoms with Crippen molar-refractivity contribution < 1.29 is 19.2 Å². The smallest absolute Gasteiger partial charge is 0.276 e. The third kappa shape index (κ3) is 3.26. The highest BCUT2D eigenvalue weighted by Gasteiger charge is 2.11. The van der Waals surface area contributed by atoms with E-state index in [1.54, 1.807) is 24.3 Å². The zero-order valence-electron chi connectivity index (χ0n) is 9.75. The molecule has 6 heteroatoms. The number of hydrogen-bond acceptors (Lipinski definition) is 4. The molecule has 19 heavy (non-hydrogen) atoms. The Morgan fingerprint density at radius 1 is 1.16 bits per heavy atom. The lowest BCUT2D eigenvalue weighted by molar-refractivity contribution is -0.385. The molecule has 0 saturated carbocycles. The van der Waals surface area contributed by atoms with Crippen LogP contribution in [0.15, 0.2) is 42.5 Å². The van der Waals surface area contributed by atoms with Crippen LogP contribution < -0.4 is 4.74 Å². The Labute approximate surface area is 108 Å². The van der Waals surface area contributed by atoms with Crippen molar-refractivity contribution in [1.82, 2.24) is 0 Å². The number of ether oxygens (including phenoxy) is 1. The molecule has 0 saturated heterocycles. The average Bonchev–Trinajstić information content (AvgIpc) is 2.39. The van der Waals surface area contributed by atoms with Crippen molar-refractivity contribution in [2.45, 2.75) is 6.61 Å². The molecule has 0 spiro atoms. The van der Waals surface area contributed by atoms with Crippen LogP contribution in [0.5, 0.6) is 11.5 Å². The zero-order valence-corrected chi connectivity index (χ0v) is 9.75. The molecule has 0 aromatic heterocycles. The predicted octanol–water partition coefficient (Wildman–Crippen LogP) is 3.02. The molecule has 0 bridgehead atoms. The molecule has 2 aromatic rings. The highest BCUT2D eigenvalue weighted by molar-refractivity contribution is 5.41. The van der Waals surface area contributed by atoms with Crippen LogP contribution in [-0.2, 0) is 6.61 Å². The number of benzene rings is 2. The Balaban J connectivity index is 2.24. The van der Waals surface area contributed by atoms with Gasteiger partial charge >= 0.3 is 0 Å². The van der Waals surface area contributed by atoms with E-state index in [2.05, 4.69) is 0 Å². The molecule has 2 rings (SSSR count). The number of aliphatic hydroxyl groups is 1. The van der Waals surface area contributed by atoms with Crippen molar-refractivity contribution in [3.05, 3.63) is 64.0 Å². The van der Waals surface area contributed by atoms with Gasteiger partial charge in [-0.1, -0.05) is 12.1 Å². The van der Waals surface area contributed by atoms with E-state index in [4.69, 9.17) is 9.84 Å². The van der Waals surface area contributed by atoms with Gasteiger partial charge in [0.15, 0.2) is 0 Å². The molecule has 0 unspecified atom stereocenters. The number of nitro benzene ring substituents is 1. The second-order valence-electron chi connectivity index (χ2n) is 3.81. The minimum absolute atomic E-state index is 0.0449. The molecule has 0 atom stereocenters. The second kappa shape index (κ2) is 5.45. The van der Waals surface area contributed by atoms with Crippen molar-refractivity contribution in [1.29, 1.82) is 0 Å². The van der Waals surface area contributed by atoms with Crippen LogP contribution in [0.3, 0.4) is 0 Å². The van der Waals surface area contributed by atoms with E-state index in [1.165, 1.54) is 0 Å². The van der Waals surface area contributed by atoms with E-state index in [0.717, 1.165) is 18.2 Å². The highest BCUT2D eigenvalue weighted by atomic mass is 19.1. The van der Waals surface area contributed by atoms with Crippen molar-refractivity contribution in [3.63, 3.8) is 0 Å². The van der Waals surface area contributed by atoms with Crippen molar-refractivity contribution in [2.75, 3.05) is 0 Å². The predicted molar refractivity (Wildman–Crippen MR) is 65.5 cm³/mol. The Hall–Kier alpha value is -2.47. The molecule has 1 N–H and O–H groups in total. The normalized spacial score (nSPS) is 10.2. The van der Waals surface area contributed by atoms with E-state index in [1.807, 2.05) is 0 Å².